The van der Waals surface area contributed by atoms with Gasteiger partial charge in [-0.1, -0.05) is 62.6 Å². The van der Waals surface area contributed by atoms with Gasteiger partial charge in [-0.2, -0.15) is 0 Å². The summed E-state index contributed by atoms with van der Waals surface area (Å²) in [6.45, 7) is 21.8. The minimum atomic E-state index is -1.08. The molecule has 0 fully saturated rings. The first-order chi connectivity index (χ1) is 7.94. The van der Waals surface area contributed by atoms with E-state index in [0.717, 1.165) is 5.16 Å². The van der Waals surface area contributed by atoms with Gasteiger partial charge in [0.05, 0.1) is 0 Å². The normalized spacial score (nSPS) is 14.0. The first-order valence-corrected chi connectivity index (χ1v) is 14.4. The predicted molar refractivity (Wildman–Crippen MR) is 92.9 cm³/mol. The van der Waals surface area contributed by atoms with E-state index in [2.05, 4.69) is 72.2 Å². The highest BCUT2D eigenvalue weighted by molar-refractivity contribution is 6.97. The van der Waals surface area contributed by atoms with Crippen molar-refractivity contribution in [3.8, 4) is 0 Å². The van der Waals surface area contributed by atoms with Crippen molar-refractivity contribution in [1.29, 1.82) is 0 Å². The van der Waals surface area contributed by atoms with Gasteiger partial charge in [0.2, 0.25) is 0 Å². The van der Waals surface area contributed by atoms with E-state index >= 15 is 0 Å². The highest BCUT2D eigenvalue weighted by Crippen LogP contribution is 2.34. The Hall–Kier alpha value is -0.0862. The molecule has 0 aromatic heterocycles. The van der Waals surface area contributed by atoms with Gasteiger partial charge in [-0.25, -0.2) is 0 Å². The van der Waals surface area contributed by atoms with Crippen LogP contribution in [-0.2, 0) is 0 Å². The van der Waals surface area contributed by atoms with Crippen molar-refractivity contribution in [2.24, 2.45) is 0 Å². The van der Waals surface area contributed by atoms with Crippen LogP contribution in [0.3, 0.4) is 0 Å². The van der Waals surface area contributed by atoms with Crippen molar-refractivity contribution >= 4 is 16.1 Å². The fourth-order valence-electron chi connectivity index (χ4n) is 2.76. The maximum absolute atomic E-state index is 2.64. The highest BCUT2D eigenvalue weighted by Gasteiger charge is 2.35. The summed E-state index contributed by atoms with van der Waals surface area (Å²) >= 11 is 0. The fourth-order valence-corrected chi connectivity index (χ4v) is 14.7. The standard InChI is InChI=1S/C16H34Si2/c1-14(2)11-10-12-15(3)13-16(17(4,5)6)18(7,8)9/h11,13,16H,10,12H2,1-9H3/b15-13+. The van der Waals surface area contributed by atoms with Gasteiger partial charge in [-0.3, -0.25) is 0 Å². The number of hydrogen-bond acceptors (Lipinski definition) is 0. The summed E-state index contributed by atoms with van der Waals surface area (Å²) in [5, 5.41) is 0.900. The molecule has 0 heterocycles. The average Bonchev–Trinajstić information content (AvgIpc) is 2.09. The van der Waals surface area contributed by atoms with Crippen molar-refractivity contribution in [3.05, 3.63) is 23.3 Å². The smallest absolute Gasteiger partial charge is 0.0485 e. The Morgan fingerprint density at radius 3 is 1.67 bits per heavy atom. The molecule has 0 saturated heterocycles. The summed E-state index contributed by atoms with van der Waals surface area (Å²) in [4.78, 5) is 0. The number of hydrogen-bond donors (Lipinski definition) is 0. The van der Waals surface area contributed by atoms with E-state index in [1.54, 1.807) is 5.57 Å². The Morgan fingerprint density at radius 2 is 1.33 bits per heavy atom. The summed E-state index contributed by atoms with van der Waals surface area (Å²) in [6.07, 6.45) is 7.43. The zero-order valence-corrected chi connectivity index (χ0v) is 16.1. The minimum Gasteiger partial charge on any atom is -0.0878 e. The van der Waals surface area contributed by atoms with E-state index in [9.17, 15) is 0 Å². The molecule has 0 radical (unpaired) electrons. The van der Waals surface area contributed by atoms with E-state index in [4.69, 9.17) is 0 Å². The number of allylic oxidation sites excluding steroid dienone is 4. The lowest BCUT2D eigenvalue weighted by molar-refractivity contribution is 0.957. The third-order valence-electron chi connectivity index (χ3n) is 3.41. The van der Waals surface area contributed by atoms with Crippen LogP contribution in [0.15, 0.2) is 23.3 Å². The predicted octanol–water partition coefficient (Wildman–Crippen LogP) is 6.26. The van der Waals surface area contributed by atoms with E-state index < -0.39 is 16.1 Å². The van der Waals surface area contributed by atoms with Gasteiger partial charge in [0.25, 0.3) is 0 Å². The first-order valence-electron chi connectivity index (χ1n) is 7.25. The summed E-state index contributed by atoms with van der Waals surface area (Å²) < 4.78 is 0. The molecule has 0 aliphatic rings. The summed E-state index contributed by atoms with van der Waals surface area (Å²) in [5.74, 6) is 0. The number of rotatable bonds is 6. The molecule has 0 rings (SSSR count). The molecule has 0 aliphatic carbocycles. The molecular weight excluding hydrogens is 248 g/mol. The highest BCUT2D eigenvalue weighted by atomic mass is 28.4. The van der Waals surface area contributed by atoms with Crippen molar-refractivity contribution < 1.29 is 0 Å². The van der Waals surface area contributed by atoms with Crippen LogP contribution in [0.5, 0.6) is 0 Å². The van der Waals surface area contributed by atoms with Crippen LogP contribution in [0.4, 0.5) is 0 Å². The molecule has 18 heavy (non-hydrogen) atoms. The summed E-state index contributed by atoms with van der Waals surface area (Å²) in [7, 11) is -2.15. The van der Waals surface area contributed by atoms with Crippen LogP contribution in [0.1, 0.15) is 33.6 Å². The lowest BCUT2D eigenvalue weighted by atomic mass is 10.1. The van der Waals surface area contributed by atoms with Crippen LogP contribution in [-0.4, -0.2) is 16.1 Å². The zero-order chi connectivity index (χ0) is 14.6. The molecule has 106 valence electrons. The molecule has 0 nitrogen and oxygen atoms in total. The third-order valence-corrected chi connectivity index (χ3v) is 12.7. The molecule has 0 bridgehead atoms. The van der Waals surface area contributed by atoms with Gasteiger partial charge < -0.3 is 0 Å². The van der Waals surface area contributed by atoms with E-state index in [1.807, 2.05) is 0 Å². The van der Waals surface area contributed by atoms with Gasteiger partial charge >= 0.3 is 0 Å². The van der Waals surface area contributed by atoms with Gasteiger partial charge in [-0.05, 0) is 38.8 Å². The zero-order valence-electron chi connectivity index (χ0n) is 14.1. The van der Waals surface area contributed by atoms with Crippen LogP contribution >= 0.6 is 0 Å². The monoisotopic (exact) mass is 282 g/mol. The molecule has 0 amide bonds. The molecule has 0 aromatic rings. The Labute approximate surface area is 118 Å². The summed E-state index contributed by atoms with van der Waals surface area (Å²) in [5.41, 5.74) is 3.04. The first kappa shape index (κ1) is 17.9. The topological polar surface area (TPSA) is 0 Å². The van der Waals surface area contributed by atoms with Crippen LogP contribution in [0.25, 0.3) is 0 Å². The molecule has 0 spiro atoms. The van der Waals surface area contributed by atoms with Gasteiger partial charge in [-0.15, -0.1) is 0 Å². The molecular formula is C16H34Si2. The Bertz CT molecular complexity index is 293. The SMILES string of the molecule is CC(C)=CCC/C(C)=C/C([Si](C)(C)C)[Si](C)(C)C. The molecule has 0 atom stereocenters. The molecule has 0 N–H and O–H groups in total. The summed E-state index contributed by atoms with van der Waals surface area (Å²) in [6, 6.07) is 0. The van der Waals surface area contributed by atoms with E-state index in [-0.39, 0.29) is 0 Å². The van der Waals surface area contributed by atoms with Crippen molar-refractivity contribution in [2.45, 2.75) is 78.1 Å². The molecule has 0 aromatic carbocycles. The maximum atomic E-state index is 2.64. The van der Waals surface area contributed by atoms with Crippen LogP contribution < -0.4 is 0 Å². The largest absolute Gasteiger partial charge is 0.0878 e. The average molecular weight is 283 g/mol. The second kappa shape index (κ2) is 6.90. The second-order valence-electron chi connectivity index (χ2n) is 8.04. The Morgan fingerprint density at radius 1 is 0.889 bits per heavy atom. The van der Waals surface area contributed by atoms with Gasteiger partial charge in [0, 0.05) is 16.1 Å². The van der Waals surface area contributed by atoms with Crippen molar-refractivity contribution in [3.63, 3.8) is 0 Å². The Kier molecular flexibility index (Phi) is 6.87. The van der Waals surface area contributed by atoms with Crippen molar-refractivity contribution in [2.75, 3.05) is 0 Å². The molecule has 0 saturated carbocycles. The maximum Gasteiger partial charge on any atom is 0.0485 e. The third kappa shape index (κ3) is 7.37. The van der Waals surface area contributed by atoms with Gasteiger partial charge in [0.1, 0.15) is 0 Å². The quantitative estimate of drug-likeness (QED) is 0.398. The Balaban J connectivity index is 4.81. The lowest BCUT2D eigenvalue weighted by Gasteiger charge is -2.36. The van der Waals surface area contributed by atoms with Crippen molar-refractivity contribution in [1.82, 2.24) is 0 Å². The van der Waals surface area contributed by atoms with E-state index in [0.29, 0.717) is 0 Å². The van der Waals surface area contributed by atoms with Gasteiger partial charge in [0.15, 0.2) is 0 Å². The lowest BCUT2D eigenvalue weighted by Crippen LogP contribution is -2.42. The molecule has 0 aliphatic heterocycles. The molecule has 2 heteroatoms. The van der Waals surface area contributed by atoms with Crippen LogP contribution in [0, 0.1) is 0 Å². The second-order valence-corrected chi connectivity index (χ2v) is 19.3. The fraction of sp³-hybridized carbons (Fsp3) is 0.750. The molecule has 0 unspecified atom stereocenters. The van der Waals surface area contributed by atoms with Crippen LogP contribution in [0.2, 0.25) is 44.4 Å². The minimum absolute atomic E-state index is 0.900. The van der Waals surface area contributed by atoms with E-state index in [1.165, 1.54) is 18.4 Å².